The van der Waals surface area contributed by atoms with E-state index >= 15 is 0 Å². The lowest BCUT2D eigenvalue weighted by Gasteiger charge is -2.33. The number of anilines is 3. The first-order chi connectivity index (χ1) is 18.2. The molecule has 10 nitrogen and oxygen atoms in total. The van der Waals surface area contributed by atoms with Gasteiger partial charge in [-0.15, -0.1) is 11.3 Å². The predicted octanol–water partition coefficient (Wildman–Crippen LogP) is 3.75. The van der Waals surface area contributed by atoms with Crippen LogP contribution < -0.4 is 20.4 Å². The molecular formula is C27H34N6O4S. The van der Waals surface area contributed by atoms with Crippen LogP contribution in [0.2, 0.25) is 0 Å². The number of morpholine rings is 1. The molecule has 11 heteroatoms. The van der Waals surface area contributed by atoms with Gasteiger partial charge in [0.25, 0.3) is 0 Å². The number of rotatable bonds is 6. The molecule has 0 spiro atoms. The number of hydrogen-bond donors (Lipinski definition) is 3. The topological polar surface area (TPSA) is 120 Å². The average Bonchev–Trinajstić information content (AvgIpc) is 3.34. The molecule has 5 rings (SSSR count). The molecule has 2 saturated heterocycles. The molecule has 1 aromatic carbocycles. The minimum Gasteiger partial charge on any atom is -0.385 e. The maximum Gasteiger partial charge on any atom is 0.319 e. The molecule has 4 heterocycles. The predicted molar refractivity (Wildman–Crippen MR) is 150 cm³/mol. The number of fused-ring (bicyclic) bond motifs is 1. The van der Waals surface area contributed by atoms with Crippen molar-refractivity contribution >= 4 is 50.8 Å². The summed E-state index contributed by atoms with van der Waals surface area (Å²) in [7, 11) is 0. The highest BCUT2D eigenvalue weighted by Crippen LogP contribution is 2.38. The van der Waals surface area contributed by atoms with Crippen LogP contribution in [0.25, 0.3) is 10.2 Å². The number of thiophene rings is 1. The zero-order chi connectivity index (χ0) is 26.9. The number of nitrogens with zero attached hydrogens (tertiary/aromatic N) is 4. The number of urea groups is 1. The first-order valence-corrected chi connectivity index (χ1v) is 13.8. The largest absolute Gasteiger partial charge is 0.385 e. The Bertz CT molecular complexity index is 1310. The van der Waals surface area contributed by atoms with Gasteiger partial charge in [-0.2, -0.15) is 4.98 Å². The number of nitrogens with one attached hydrogen (secondary N) is 2. The fourth-order valence-electron chi connectivity index (χ4n) is 4.70. The van der Waals surface area contributed by atoms with Crippen LogP contribution in [0.15, 0.2) is 30.3 Å². The van der Waals surface area contributed by atoms with Crippen LogP contribution >= 0.6 is 11.3 Å². The number of aliphatic hydroxyl groups is 1. The summed E-state index contributed by atoms with van der Waals surface area (Å²) in [5, 5.41) is 16.5. The molecular weight excluding hydrogens is 504 g/mol. The standard InChI is InChI=1S/C27H34N6O4S/c1-17(34)18-4-6-19(7-5-18)28-26(35)29-20-8-10-33(11-9-20)25-30-21-16-22(27(2,3)36)38-23(21)24(31-25)32-12-14-37-15-13-32/h4-7,16,20,36H,8-15H2,1-3H3,(H2,28,29,35). The van der Waals surface area contributed by atoms with Crippen molar-refractivity contribution in [3.63, 3.8) is 0 Å². The van der Waals surface area contributed by atoms with Crippen molar-refractivity contribution in [2.45, 2.75) is 45.3 Å². The molecule has 3 aromatic rings. The minimum atomic E-state index is -0.951. The number of Topliss-reactive ketones (excluding diaryl/α,β-unsaturated/α-hetero) is 1. The SMILES string of the molecule is CC(=O)c1ccc(NC(=O)NC2CCN(c3nc(N4CCOCC4)c4sc(C(C)(C)O)cc4n3)CC2)cc1. The molecule has 0 atom stereocenters. The number of ether oxygens (including phenoxy) is 1. The quantitative estimate of drug-likeness (QED) is 0.406. The van der Waals surface area contributed by atoms with E-state index in [1.165, 1.54) is 6.92 Å². The van der Waals surface area contributed by atoms with Crippen molar-refractivity contribution in [2.75, 3.05) is 54.5 Å². The van der Waals surface area contributed by atoms with Gasteiger partial charge in [0.1, 0.15) is 0 Å². The summed E-state index contributed by atoms with van der Waals surface area (Å²) in [6.07, 6.45) is 1.53. The van der Waals surface area contributed by atoms with Gasteiger partial charge in [0.05, 0.1) is 29.0 Å². The summed E-state index contributed by atoms with van der Waals surface area (Å²) in [4.78, 5) is 39.1. The van der Waals surface area contributed by atoms with E-state index in [9.17, 15) is 14.7 Å². The lowest BCUT2D eigenvalue weighted by molar-refractivity contribution is 0.0826. The monoisotopic (exact) mass is 538 g/mol. The third-order valence-electron chi connectivity index (χ3n) is 6.92. The number of hydrogen-bond acceptors (Lipinski definition) is 9. The Kier molecular flexibility index (Phi) is 7.51. The van der Waals surface area contributed by atoms with Crippen LogP contribution in [-0.4, -0.2) is 72.3 Å². The highest BCUT2D eigenvalue weighted by atomic mass is 32.1. The number of benzene rings is 1. The van der Waals surface area contributed by atoms with Gasteiger partial charge in [-0.1, -0.05) is 0 Å². The molecule has 0 bridgehead atoms. The molecule has 2 amide bonds. The lowest BCUT2D eigenvalue weighted by atomic mass is 10.1. The number of amides is 2. The zero-order valence-electron chi connectivity index (χ0n) is 22.0. The molecule has 2 aliphatic rings. The number of ketones is 1. The molecule has 3 N–H and O–H groups in total. The van der Waals surface area contributed by atoms with Gasteiger partial charge < -0.3 is 30.3 Å². The van der Waals surface area contributed by atoms with Crippen molar-refractivity contribution in [3.8, 4) is 0 Å². The molecule has 2 aromatic heterocycles. The molecule has 38 heavy (non-hydrogen) atoms. The van der Waals surface area contributed by atoms with Gasteiger partial charge >= 0.3 is 6.03 Å². The van der Waals surface area contributed by atoms with Gasteiger partial charge in [-0.3, -0.25) is 4.79 Å². The first kappa shape index (κ1) is 26.3. The lowest BCUT2D eigenvalue weighted by Crippen LogP contribution is -2.46. The van der Waals surface area contributed by atoms with E-state index in [-0.39, 0.29) is 17.9 Å². The molecule has 2 fully saturated rings. The first-order valence-electron chi connectivity index (χ1n) is 13.0. The minimum absolute atomic E-state index is 0.00960. The van der Waals surface area contributed by atoms with Crippen LogP contribution in [0, 0.1) is 0 Å². The Morgan fingerprint density at radius 2 is 1.74 bits per heavy atom. The van der Waals surface area contributed by atoms with Crippen LogP contribution in [0.3, 0.4) is 0 Å². The molecule has 202 valence electrons. The molecule has 0 saturated carbocycles. The second-order valence-electron chi connectivity index (χ2n) is 10.3. The third kappa shape index (κ3) is 5.90. The molecule has 2 aliphatic heterocycles. The fraction of sp³-hybridized carbons (Fsp3) is 0.481. The second-order valence-corrected chi connectivity index (χ2v) is 11.4. The average molecular weight is 539 g/mol. The van der Waals surface area contributed by atoms with Crippen LogP contribution in [0.5, 0.6) is 0 Å². The summed E-state index contributed by atoms with van der Waals surface area (Å²) in [5.74, 6) is 1.56. The fourth-order valence-corrected chi connectivity index (χ4v) is 5.82. The number of aromatic nitrogens is 2. The number of carbonyl (C=O) groups excluding carboxylic acids is 2. The maximum absolute atomic E-state index is 12.5. The van der Waals surface area contributed by atoms with Gasteiger partial charge in [-0.05, 0) is 63.9 Å². The molecule has 0 radical (unpaired) electrons. The Morgan fingerprint density at radius 1 is 1.05 bits per heavy atom. The summed E-state index contributed by atoms with van der Waals surface area (Å²) < 4.78 is 6.53. The van der Waals surface area contributed by atoms with Gasteiger partial charge in [-0.25, -0.2) is 9.78 Å². The summed E-state index contributed by atoms with van der Waals surface area (Å²) in [6, 6.07) is 8.61. The van der Waals surface area contributed by atoms with Crippen molar-refractivity contribution < 1.29 is 19.4 Å². The van der Waals surface area contributed by atoms with Crippen LogP contribution in [-0.2, 0) is 10.3 Å². The number of carbonyl (C=O) groups is 2. The summed E-state index contributed by atoms with van der Waals surface area (Å²) >= 11 is 1.54. The Hall–Kier alpha value is -3.28. The van der Waals surface area contributed by atoms with E-state index in [1.54, 1.807) is 49.4 Å². The summed E-state index contributed by atoms with van der Waals surface area (Å²) in [6.45, 7) is 9.37. The highest BCUT2D eigenvalue weighted by Gasteiger charge is 2.27. The summed E-state index contributed by atoms with van der Waals surface area (Å²) in [5.41, 5.74) is 1.14. The number of piperidine rings is 1. The van der Waals surface area contributed by atoms with E-state index in [0.29, 0.717) is 30.4 Å². The smallest absolute Gasteiger partial charge is 0.319 e. The molecule has 0 unspecified atom stereocenters. The van der Waals surface area contributed by atoms with Crippen LogP contribution in [0.1, 0.15) is 48.8 Å². The van der Waals surface area contributed by atoms with E-state index in [1.807, 2.05) is 6.07 Å². The van der Waals surface area contributed by atoms with Crippen molar-refractivity contribution in [1.82, 2.24) is 15.3 Å². The van der Waals surface area contributed by atoms with Crippen molar-refractivity contribution in [1.29, 1.82) is 0 Å². The Morgan fingerprint density at radius 3 is 2.37 bits per heavy atom. The Labute approximate surface area is 226 Å². The van der Waals surface area contributed by atoms with Crippen molar-refractivity contribution in [3.05, 3.63) is 40.8 Å². The van der Waals surface area contributed by atoms with E-state index in [2.05, 4.69) is 20.4 Å². The Balaban J connectivity index is 1.26. The van der Waals surface area contributed by atoms with E-state index in [0.717, 1.165) is 59.9 Å². The third-order valence-corrected chi connectivity index (χ3v) is 8.35. The highest BCUT2D eigenvalue weighted by molar-refractivity contribution is 7.19. The zero-order valence-corrected chi connectivity index (χ0v) is 22.8. The normalized spacial score (nSPS) is 17.1. The van der Waals surface area contributed by atoms with Crippen LogP contribution in [0.4, 0.5) is 22.2 Å². The second kappa shape index (κ2) is 10.8. The van der Waals surface area contributed by atoms with Crippen molar-refractivity contribution in [2.24, 2.45) is 0 Å². The molecule has 0 aliphatic carbocycles. The van der Waals surface area contributed by atoms with E-state index < -0.39 is 5.60 Å². The van der Waals surface area contributed by atoms with Gasteiger partial charge in [0.15, 0.2) is 11.6 Å². The van der Waals surface area contributed by atoms with E-state index in [4.69, 9.17) is 14.7 Å². The van der Waals surface area contributed by atoms with Gasteiger partial charge in [0.2, 0.25) is 5.95 Å². The van der Waals surface area contributed by atoms with Gasteiger partial charge in [0, 0.05) is 48.3 Å². The maximum atomic E-state index is 12.5.